The van der Waals surface area contributed by atoms with Crippen LogP contribution in [0.2, 0.25) is 0 Å². The third-order valence-electron chi connectivity index (χ3n) is 7.22. The Labute approximate surface area is 224 Å². The molecule has 0 spiro atoms. The van der Waals surface area contributed by atoms with Crippen molar-refractivity contribution >= 4 is 11.9 Å². The minimum atomic E-state index is -1.09. The number of rotatable bonds is 9. The van der Waals surface area contributed by atoms with E-state index in [4.69, 9.17) is 4.74 Å². The quantitative estimate of drug-likeness (QED) is 0.422. The summed E-state index contributed by atoms with van der Waals surface area (Å²) in [6.45, 7) is 2.35. The predicted octanol–water partition coefficient (Wildman–Crippen LogP) is 3.42. The molecule has 0 bridgehead atoms. The number of carbonyl (C=O) groups is 2. The summed E-state index contributed by atoms with van der Waals surface area (Å²) in [5.41, 5.74) is 0.785. The highest BCUT2D eigenvalue weighted by Gasteiger charge is 2.36. The van der Waals surface area contributed by atoms with Gasteiger partial charge in [-0.15, -0.1) is 0 Å². The van der Waals surface area contributed by atoms with Gasteiger partial charge in [0.1, 0.15) is 5.82 Å². The first-order valence-corrected chi connectivity index (χ1v) is 12.7. The van der Waals surface area contributed by atoms with E-state index in [1.165, 1.54) is 25.3 Å². The lowest BCUT2D eigenvalue weighted by Crippen LogP contribution is -2.48. The lowest BCUT2D eigenvalue weighted by atomic mass is 9.74. The summed E-state index contributed by atoms with van der Waals surface area (Å²) in [6.07, 6.45) is 1.87. The van der Waals surface area contributed by atoms with Crippen molar-refractivity contribution in [2.24, 2.45) is 0 Å². The first-order chi connectivity index (χ1) is 18.8. The van der Waals surface area contributed by atoms with E-state index in [1.54, 1.807) is 12.1 Å². The molecular formula is C28H30F3N5O3. The monoisotopic (exact) mass is 541 g/mol. The number of hydrogen-bond acceptors (Lipinski definition) is 5. The first-order valence-electron chi connectivity index (χ1n) is 12.7. The third-order valence-corrected chi connectivity index (χ3v) is 7.22. The molecule has 39 heavy (non-hydrogen) atoms. The highest BCUT2D eigenvalue weighted by molar-refractivity contribution is 5.98. The van der Waals surface area contributed by atoms with Gasteiger partial charge in [-0.3, -0.25) is 4.79 Å². The smallest absolute Gasteiger partial charge is 0.319 e. The molecule has 1 saturated heterocycles. The number of amides is 3. The van der Waals surface area contributed by atoms with E-state index < -0.39 is 35.0 Å². The molecule has 2 aromatic rings. The van der Waals surface area contributed by atoms with Crippen LogP contribution in [0.15, 0.2) is 53.7 Å². The van der Waals surface area contributed by atoms with Gasteiger partial charge in [-0.05, 0) is 74.3 Å². The summed E-state index contributed by atoms with van der Waals surface area (Å²) in [4.78, 5) is 27.6. The maximum absolute atomic E-state index is 13.9. The van der Waals surface area contributed by atoms with Crippen LogP contribution >= 0.6 is 0 Å². The molecule has 2 heterocycles. The molecule has 8 nitrogen and oxygen atoms in total. The molecule has 0 aliphatic carbocycles. The summed E-state index contributed by atoms with van der Waals surface area (Å²) in [7, 11) is 1.42. The van der Waals surface area contributed by atoms with Crippen molar-refractivity contribution in [3.63, 3.8) is 0 Å². The summed E-state index contributed by atoms with van der Waals surface area (Å²) in [6, 6.07) is 10.2. The molecule has 0 saturated carbocycles. The van der Waals surface area contributed by atoms with Crippen LogP contribution in [0, 0.1) is 28.8 Å². The molecule has 4 rings (SSSR count). The zero-order valence-electron chi connectivity index (χ0n) is 21.5. The molecule has 1 fully saturated rings. The Hall–Kier alpha value is -3.88. The molecule has 3 amide bonds. The minimum absolute atomic E-state index is 0.0567. The van der Waals surface area contributed by atoms with E-state index in [0.29, 0.717) is 45.4 Å². The van der Waals surface area contributed by atoms with Gasteiger partial charge < -0.3 is 25.6 Å². The van der Waals surface area contributed by atoms with E-state index >= 15 is 0 Å². The second-order valence-corrected chi connectivity index (χ2v) is 9.68. The first kappa shape index (κ1) is 28.1. The Balaban J connectivity index is 1.36. The van der Waals surface area contributed by atoms with Crippen molar-refractivity contribution in [1.82, 2.24) is 20.9 Å². The van der Waals surface area contributed by atoms with E-state index in [1.807, 2.05) is 0 Å². The topological polar surface area (TPSA) is 106 Å². The van der Waals surface area contributed by atoms with Crippen LogP contribution in [0.4, 0.5) is 18.0 Å². The number of halogens is 3. The summed E-state index contributed by atoms with van der Waals surface area (Å²) < 4.78 is 45.9. The number of nitrogens with zero attached hydrogens (tertiary/aromatic N) is 2. The standard InChI is InChI=1S/C28H30F3N5O3/c1-39-16-23-24(25(35-27(38)34-23)18-3-8-21(30)22(31)15-18)26(37)33-11-2-12-36-13-9-28(17-32,10-14-36)19-4-6-20(29)7-5-19/h3-8,15,25H,2,9-14,16H2,1H3,(H,33,37)(H2,34,35,38). The van der Waals surface area contributed by atoms with Gasteiger partial charge in [-0.25, -0.2) is 18.0 Å². The number of likely N-dealkylation sites (tertiary alicyclic amines) is 1. The number of urea groups is 1. The summed E-state index contributed by atoms with van der Waals surface area (Å²) >= 11 is 0. The fourth-order valence-corrected chi connectivity index (χ4v) is 5.08. The van der Waals surface area contributed by atoms with Crippen LogP contribution in [0.25, 0.3) is 0 Å². The maximum Gasteiger partial charge on any atom is 0.319 e. The number of piperidine rings is 1. The number of nitriles is 1. The van der Waals surface area contributed by atoms with Crippen molar-refractivity contribution in [1.29, 1.82) is 5.26 Å². The van der Waals surface area contributed by atoms with Gasteiger partial charge in [0.05, 0.1) is 35.4 Å². The molecule has 2 aliphatic rings. The molecule has 0 radical (unpaired) electrons. The average molecular weight is 542 g/mol. The van der Waals surface area contributed by atoms with Crippen molar-refractivity contribution in [3.8, 4) is 6.07 Å². The van der Waals surface area contributed by atoms with Gasteiger partial charge in [0.15, 0.2) is 11.6 Å². The molecule has 1 atom stereocenters. The van der Waals surface area contributed by atoms with E-state index in [9.17, 15) is 28.0 Å². The molecular weight excluding hydrogens is 511 g/mol. The van der Waals surface area contributed by atoms with Gasteiger partial charge in [-0.2, -0.15) is 5.26 Å². The Morgan fingerprint density at radius 3 is 2.51 bits per heavy atom. The summed E-state index contributed by atoms with van der Waals surface area (Å²) in [5, 5.41) is 17.9. The fraction of sp³-hybridized carbons (Fsp3) is 0.393. The molecule has 206 valence electrons. The van der Waals surface area contributed by atoms with Gasteiger partial charge >= 0.3 is 6.03 Å². The van der Waals surface area contributed by atoms with Crippen LogP contribution in [-0.4, -0.2) is 56.7 Å². The molecule has 2 aliphatic heterocycles. The van der Waals surface area contributed by atoms with Crippen molar-refractivity contribution in [2.75, 3.05) is 39.9 Å². The lowest BCUT2D eigenvalue weighted by molar-refractivity contribution is -0.118. The highest BCUT2D eigenvalue weighted by Crippen LogP contribution is 2.35. The molecule has 2 aromatic carbocycles. The number of hydrogen-bond donors (Lipinski definition) is 3. The van der Waals surface area contributed by atoms with Gasteiger partial charge in [-0.1, -0.05) is 18.2 Å². The number of carbonyl (C=O) groups excluding carboxylic acids is 2. The van der Waals surface area contributed by atoms with Crippen LogP contribution < -0.4 is 16.0 Å². The summed E-state index contributed by atoms with van der Waals surface area (Å²) in [5.74, 6) is -2.93. The van der Waals surface area contributed by atoms with E-state index in [-0.39, 0.29) is 29.3 Å². The lowest BCUT2D eigenvalue weighted by Gasteiger charge is -2.37. The fourth-order valence-electron chi connectivity index (χ4n) is 5.08. The molecule has 0 aromatic heterocycles. The number of ether oxygens (including phenoxy) is 1. The maximum atomic E-state index is 13.9. The Bertz CT molecular complexity index is 1280. The number of benzene rings is 2. The van der Waals surface area contributed by atoms with Crippen molar-refractivity contribution in [3.05, 3.63) is 82.3 Å². The van der Waals surface area contributed by atoms with Crippen LogP contribution in [-0.2, 0) is 14.9 Å². The van der Waals surface area contributed by atoms with Crippen LogP contribution in [0.5, 0.6) is 0 Å². The van der Waals surface area contributed by atoms with E-state index in [0.717, 1.165) is 17.7 Å². The van der Waals surface area contributed by atoms with Crippen molar-refractivity contribution in [2.45, 2.75) is 30.7 Å². The Morgan fingerprint density at radius 2 is 1.87 bits per heavy atom. The highest BCUT2D eigenvalue weighted by atomic mass is 19.2. The molecule has 11 heteroatoms. The van der Waals surface area contributed by atoms with Crippen LogP contribution in [0.1, 0.15) is 36.4 Å². The minimum Gasteiger partial charge on any atom is -0.378 e. The molecule has 1 unspecified atom stereocenters. The number of methoxy groups -OCH3 is 1. The van der Waals surface area contributed by atoms with Gasteiger partial charge in [0, 0.05) is 13.7 Å². The van der Waals surface area contributed by atoms with Crippen LogP contribution in [0.3, 0.4) is 0 Å². The normalized spacial score (nSPS) is 19.2. The zero-order valence-corrected chi connectivity index (χ0v) is 21.5. The second kappa shape index (κ2) is 12.3. The van der Waals surface area contributed by atoms with Crippen molar-refractivity contribution < 1.29 is 27.5 Å². The average Bonchev–Trinajstić information content (AvgIpc) is 2.93. The van der Waals surface area contributed by atoms with Gasteiger partial charge in [0.25, 0.3) is 5.91 Å². The Kier molecular flexibility index (Phi) is 8.89. The number of nitrogens with one attached hydrogen (secondary N) is 3. The van der Waals surface area contributed by atoms with Gasteiger partial charge in [0.2, 0.25) is 0 Å². The zero-order chi connectivity index (χ0) is 28.0. The largest absolute Gasteiger partial charge is 0.378 e. The second-order valence-electron chi connectivity index (χ2n) is 9.68. The predicted molar refractivity (Wildman–Crippen MR) is 137 cm³/mol. The third kappa shape index (κ3) is 6.41. The Morgan fingerprint density at radius 1 is 1.15 bits per heavy atom. The molecule has 3 N–H and O–H groups in total. The SMILES string of the molecule is COCC1=C(C(=O)NCCCN2CCC(C#N)(c3ccc(F)cc3)CC2)C(c2ccc(F)c(F)c2)NC(=O)N1. The van der Waals surface area contributed by atoms with E-state index in [2.05, 4.69) is 26.9 Å².